The predicted molar refractivity (Wildman–Crippen MR) is 73.3 cm³/mol. The summed E-state index contributed by atoms with van der Waals surface area (Å²) >= 11 is 0. The minimum atomic E-state index is -0.162. The highest BCUT2D eigenvalue weighted by Gasteiger charge is 2.14. The van der Waals surface area contributed by atoms with Gasteiger partial charge in [-0.05, 0) is 30.7 Å². The molecule has 19 heavy (non-hydrogen) atoms. The van der Waals surface area contributed by atoms with Crippen LogP contribution in [-0.4, -0.2) is 43.9 Å². The summed E-state index contributed by atoms with van der Waals surface area (Å²) in [6.07, 6.45) is 1.11. The van der Waals surface area contributed by atoms with E-state index in [2.05, 4.69) is 10.6 Å². The van der Waals surface area contributed by atoms with Crippen LogP contribution in [0.25, 0.3) is 0 Å². The van der Waals surface area contributed by atoms with Crippen molar-refractivity contribution in [3.63, 3.8) is 0 Å². The minimum Gasteiger partial charge on any atom is -0.395 e. The fraction of sp³-hybridized carbons (Fsp3) is 0.500. The fourth-order valence-electron chi connectivity index (χ4n) is 2.02. The maximum atomic E-state index is 11.6. The Kier molecular flexibility index (Phi) is 5.18. The number of benzene rings is 1. The van der Waals surface area contributed by atoms with Gasteiger partial charge in [0.2, 0.25) is 0 Å². The van der Waals surface area contributed by atoms with E-state index in [1.54, 1.807) is 12.1 Å². The van der Waals surface area contributed by atoms with Crippen LogP contribution in [0, 0.1) is 5.92 Å². The fourth-order valence-corrected chi connectivity index (χ4v) is 2.02. The molecule has 1 unspecified atom stereocenters. The molecule has 0 aromatic heterocycles. The van der Waals surface area contributed by atoms with E-state index < -0.39 is 0 Å². The van der Waals surface area contributed by atoms with Gasteiger partial charge in [-0.25, -0.2) is 0 Å². The third kappa shape index (κ3) is 4.22. The van der Waals surface area contributed by atoms with Crippen LogP contribution in [0.2, 0.25) is 0 Å². The average Bonchev–Trinajstić information content (AvgIpc) is 2.96. The van der Waals surface area contributed by atoms with Crippen LogP contribution in [0.1, 0.15) is 16.8 Å². The molecule has 0 spiro atoms. The Balaban J connectivity index is 1.81. The second-order valence-electron chi connectivity index (χ2n) is 4.67. The van der Waals surface area contributed by atoms with Crippen molar-refractivity contribution >= 4 is 11.6 Å². The number of ether oxygens (including phenoxy) is 1. The third-order valence-electron chi connectivity index (χ3n) is 3.16. The smallest absolute Gasteiger partial charge is 0.251 e. The summed E-state index contributed by atoms with van der Waals surface area (Å²) in [5.74, 6) is 0.414. The lowest BCUT2D eigenvalue weighted by atomic mass is 10.1. The van der Waals surface area contributed by atoms with Gasteiger partial charge >= 0.3 is 0 Å². The SMILES string of the molecule is O=C(NCCO)c1ccc(NCC2CCOC2)cc1. The van der Waals surface area contributed by atoms with Gasteiger partial charge in [-0.2, -0.15) is 0 Å². The zero-order valence-electron chi connectivity index (χ0n) is 10.9. The second kappa shape index (κ2) is 7.11. The van der Waals surface area contributed by atoms with Gasteiger partial charge in [-0.1, -0.05) is 0 Å². The molecule has 5 nitrogen and oxygen atoms in total. The summed E-state index contributed by atoms with van der Waals surface area (Å²) in [5.41, 5.74) is 1.61. The zero-order valence-corrected chi connectivity index (χ0v) is 10.9. The van der Waals surface area contributed by atoms with Gasteiger partial charge in [0.1, 0.15) is 0 Å². The van der Waals surface area contributed by atoms with Gasteiger partial charge in [0.25, 0.3) is 5.91 Å². The maximum absolute atomic E-state index is 11.6. The third-order valence-corrected chi connectivity index (χ3v) is 3.16. The van der Waals surface area contributed by atoms with Gasteiger partial charge in [0.05, 0.1) is 13.2 Å². The first-order valence-corrected chi connectivity index (χ1v) is 6.60. The Morgan fingerprint density at radius 3 is 2.79 bits per heavy atom. The van der Waals surface area contributed by atoms with E-state index in [-0.39, 0.29) is 19.1 Å². The van der Waals surface area contributed by atoms with Crippen LogP contribution in [-0.2, 0) is 4.74 Å². The number of nitrogens with one attached hydrogen (secondary N) is 2. The predicted octanol–water partition coefficient (Wildman–Crippen LogP) is 0.857. The van der Waals surface area contributed by atoms with Crippen molar-refractivity contribution in [2.75, 3.05) is 38.2 Å². The molecule has 1 aliphatic rings. The van der Waals surface area contributed by atoms with E-state index in [4.69, 9.17) is 9.84 Å². The average molecular weight is 264 g/mol. The number of aliphatic hydroxyl groups is 1. The van der Waals surface area contributed by atoms with Gasteiger partial charge in [0, 0.05) is 36.9 Å². The molecule has 1 aromatic carbocycles. The first-order chi connectivity index (χ1) is 9.29. The van der Waals surface area contributed by atoms with Crippen LogP contribution >= 0.6 is 0 Å². The van der Waals surface area contributed by atoms with Crippen molar-refractivity contribution in [2.45, 2.75) is 6.42 Å². The number of anilines is 1. The summed E-state index contributed by atoms with van der Waals surface area (Å²) in [7, 11) is 0. The van der Waals surface area contributed by atoms with E-state index in [0.29, 0.717) is 11.5 Å². The number of amides is 1. The lowest BCUT2D eigenvalue weighted by Gasteiger charge is -2.11. The van der Waals surface area contributed by atoms with Gasteiger partial charge < -0.3 is 20.5 Å². The highest BCUT2D eigenvalue weighted by molar-refractivity contribution is 5.94. The first kappa shape index (κ1) is 13.8. The normalized spacial score (nSPS) is 18.3. The molecule has 0 radical (unpaired) electrons. The Hall–Kier alpha value is -1.59. The quantitative estimate of drug-likeness (QED) is 0.712. The number of aliphatic hydroxyl groups excluding tert-OH is 1. The molecule has 1 aliphatic heterocycles. The highest BCUT2D eigenvalue weighted by atomic mass is 16.5. The lowest BCUT2D eigenvalue weighted by molar-refractivity contribution is 0.0945. The number of carbonyl (C=O) groups excluding carboxylic acids is 1. The Morgan fingerprint density at radius 1 is 1.37 bits per heavy atom. The summed E-state index contributed by atoms with van der Waals surface area (Å²) in [6.45, 7) is 2.82. The van der Waals surface area contributed by atoms with Gasteiger partial charge in [-0.15, -0.1) is 0 Å². The van der Waals surface area contributed by atoms with Crippen molar-refractivity contribution in [3.8, 4) is 0 Å². The molecule has 1 atom stereocenters. The molecule has 2 rings (SSSR count). The van der Waals surface area contributed by atoms with Crippen LogP contribution in [0.3, 0.4) is 0 Å². The second-order valence-corrected chi connectivity index (χ2v) is 4.67. The topological polar surface area (TPSA) is 70.6 Å². The van der Waals surface area contributed by atoms with Crippen molar-refractivity contribution in [2.24, 2.45) is 5.92 Å². The molecule has 1 saturated heterocycles. The number of hydrogen-bond acceptors (Lipinski definition) is 4. The van der Waals surface area contributed by atoms with Gasteiger partial charge in [0.15, 0.2) is 0 Å². The summed E-state index contributed by atoms with van der Waals surface area (Å²) < 4.78 is 5.32. The van der Waals surface area contributed by atoms with Crippen molar-refractivity contribution in [3.05, 3.63) is 29.8 Å². The Labute approximate surface area is 113 Å². The molecule has 3 N–H and O–H groups in total. The molecule has 5 heteroatoms. The number of carbonyl (C=O) groups is 1. The van der Waals surface area contributed by atoms with E-state index in [1.165, 1.54) is 0 Å². The van der Waals surface area contributed by atoms with Crippen LogP contribution in [0.15, 0.2) is 24.3 Å². The van der Waals surface area contributed by atoms with Gasteiger partial charge in [-0.3, -0.25) is 4.79 Å². The molecular formula is C14H20N2O3. The van der Waals surface area contributed by atoms with Crippen molar-refractivity contribution in [1.82, 2.24) is 5.32 Å². The molecule has 0 aliphatic carbocycles. The molecule has 104 valence electrons. The molecule has 1 heterocycles. The number of hydrogen-bond donors (Lipinski definition) is 3. The molecular weight excluding hydrogens is 244 g/mol. The molecule has 1 amide bonds. The first-order valence-electron chi connectivity index (χ1n) is 6.60. The van der Waals surface area contributed by atoms with Crippen LogP contribution < -0.4 is 10.6 Å². The summed E-state index contributed by atoms with van der Waals surface area (Å²) in [5, 5.41) is 14.6. The standard InChI is InChI=1S/C14H20N2O3/c17-7-6-15-14(18)12-1-3-13(4-2-12)16-9-11-5-8-19-10-11/h1-4,11,16-17H,5-10H2,(H,15,18). The summed E-state index contributed by atoms with van der Waals surface area (Å²) in [6, 6.07) is 7.34. The summed E-state index contributed by atoms with van der Waals surface area (Å²) in [4.78, 5) is 11.6. The zero-order chi connectivity index (χ0) is 13.5. The lowest BCUT2D eigenvalue weighted by Crippen LogP contribution is -2.26. The molecule has 0 bridgehead atoms. The Morgan fingerprint density at radius 2 is 2.16 bits per heavy atom. The molecule has 1 aromatic rings. The minimum absolute atomic E-state index is 0.0468. The number of rotatable bonds is 6. The van der Waals surface area contributed by atoms with E-state index >= 15 is 0 Å². The molecule has 0 saturated carbocycles. The van der Waals surface area contributed by atoms with E-state index in [9.17, 15) is 4.79 Å². The highest BCUT2D eigenvalue weighted by Crippen LogP contribution is 2.15. The molecule has 1 fully saturated rings. The largest absolute Gasteiger partial charge is 0.395 e. The van der Waals surface area contributed by atoms with Crippen LogP contribution in [0.4, 0.5) is 5.69 Å². The van der Waals surface area contributed by atoms with Crippen molar-refractivity contribution in [1.29, 1.82) is 0 Å². The van der Waals surface area contributed by atoms with Crippen molar-refractivity contribution < 1.29 is 14.6 Å². The monoisotopic (exact) mass is 264 g/mol. The van der Waals surface area contributed by atoms with Crippen LogP contribution in [0.5, 0.6) is 0 Å². The maximum Gasteiger partial charge on any atom is 0.251 e. The van der Waals surface area contributed by atoms with E-state index in [0.717, 1.165) is 31.9 Å². The Bertz CT molecular complexity index is 400. The van der Waals surface area contributed by atoms with E-state index in [1.807, 2.05) is 12.1 Å².